The standard InChI is InChI=1S/C18H25N3O2/c1-5-21-15(4)18(14(3)20-21)13(2)19-17(22)11-12-23-16-9-7-6-8-10-16/h6-10,13H,5,11-12H2,1-4H3,(H,19,22)/t13-/m0/s1. The van der Waals surface area contributed by atoms with Crippen LogP contribution in [-0.2, 0) is 11.3 Å². The van der Waals surface area contributed by atoms with Gasteiger partial charge in [-0.2, -0.15) is 5.10 Å². The molecule has 5 nitrogen and oxygen atoms in total. The number of rotatable bonds is 7. The third-order valence-electron chi connectivity index (χ3n) is 3.89. The van der Waals surface area contributed by atoms with Gasteiger partial charge in [-0.15, -0.1) is 0 Å². The summed E-state index contributed by atoms with van der Waals surface area (Å²) >= 11 is 0. The number of nitrogens with zero attached hydrogens (tertiary/aromatic N) is 2. The van der Waals surface area contributed by atoms with Crippen LogP contribution >= 0.6 is 0 Å². The lowest BCUT2D eigenvalue weighted by Gasteiger charge is -2.15. The van der Waals surface area contributed by atoms with Gasteiger partial charge in [0.05, 0.1) is 24.8 Å². The zero-order valence-electron chi connectivity index (χ0n) is 14.3. The van der Waals surface area contributed by atoms with Crippen molar-refractivity contribution < 1.29 is 9.53 Å². The molecular weight excluding hydrogens is 290 g/mol. The van der Waals surface area contributed by atoms with E-state index in [1.54, 1.807) is 0 Å². The minimum Gasteiger partial charge on any atom is -0.493 e. The van der Waals surface area contributed by atoms with E-state index >= 15 is 0 Å². The van der Waals surface area contributed by atoms with Crippen molar-refractivity contribution in [1.82, 2.24) is 15.1 Å². The lowest BCUT2D eigenvalue weighted by atomic mass is 10.1. The van der Waals surface area contributed by atoms with Crippen molar-refractivity contribution >= 4 is 5.91 Å². The number of hydrogen-bond acceptors (Lipinski definition) is 3. The summed E-state index contributed by atoms with van der Waals surface area (Å²) < 4.78 is 7.52. The van der Waals surface area contributed by atoms with E-state index in [9.17, 15) is 4.79 Å². The Morgan fingerprint density at radius 1 is 1.30 bits per heavy atom. The average Bonchev–Trinajstić information content (AvgIpc) is 2.82. The van der Waals surface area contributed by atoms with Gasteiger partial charge < -0.3 is 10.1 Å². The highest BCUT2D eigenvalue weighted by Gasteiger charge is 2.18. The SMILES string of the molecule is CCn1nc(C)c([C@H](C)NC(=O)CCOc2ccccc2)c1C. The number of nitrogens with one attached hydrogen (secondary N) is 1. The number of aromatic nitrogens is 2. The first-order valence-corrected chi connectivity index (χ1v) is 8.04. The molecule has 1 amide bonds. The third-order valence-corrected chi connectivity index (χ3v) is 3.89. The molecule has 124 valence electrons. The maximum atomic E-state index is 12.1. The van der Waals surface area contributed by atoms with Crippen LogP contribution in [0, 0.1) is 13.8 Å². The lowest BCUT2D eigenvalue weighted by Crippen LogP contribution is -2.28. The molecule has 0 spiro atoms. The lowest BCUT2D eigenvalue weighted by molar-refractivity contribution is -0.122. The molecule has 0 radical (unpaired) electrons. The van der Waals surface area contributed by atoms with Crippen molar-refractivity contribution in [2.45, 2.75) is 46.7 Å². The summed E-state index contributed by atoms with van der Waals surface area (Å²) in [5.41, 5.74) is 3.18. The van der Waals surface area contributed by atoms with Crippen LogP contribution in [0.5, 0.6) is 5.75 Å². The maximum absolute atomic E-state index is 12.1. The van der Waals surface area contributed by atoms with Gasteiger partial charge in [-0.1, -0.05) is 18.2 Å². The number of aryl methyl sites for hydroxylation is 2. The van der Waals surface area contributed by atoms with Gasteiger partial charge in [-0.25, -0.2) is 0 Å². The van der Waals surface area contributed by atoms with E-state index in [2.05, 4.69) is 17.3 Å². The minimum atomic E-state index is -0.0560. The van der Waals surface area contributed by atoms with Crippen LogP contribution in [0.15, 0.2) is 30.3 Å². The fraction of sp³-hybridized carbons (Fsp3) is 0.444. The molecule has 0 aliphatic rings. The van der Waals surface area contributed by atoms with E-state index in [1.807, 2.05) is 55.8 Å². The molecule has 0 saturated carbocycles. The molecule has 1 N–H and O–H groups in total. The first-order chi connectivity index (χ1) is 11.0. The minimum absolute atomic E-state index is 0.0171. The van der Waals surface area contributed by atoms with E-state index in [0.29, 0.717) is 13.0 Å². The van der Waals surface area contributed by atoms with Crippen molar-refractivity contribution in [3.05, 3.63) is 47.3 Å². The average molecular weight is 315 g/mol. The molecule has 2 aromatic rings. The van der Waals surface area contributed by atoms with Crippen LogP contribution in [0.2, 0.25) is 0 Å². The van der Waals surface area contributed by atoms with E-state index in [4.69, 9.17) is 4.74 Å². The van der Waals surface area contributed by atoms with Crippen molar-refractivity contribution in [2.75, 3.05) is 6.61 Å². The molecule has 1 aromatic heterocycles. The Labute approximate surface area is 137 Å². The van der Waals surface area contributed by atoms with Crippen molar-refractivity contribution in [3.63, 3.8) is 0 Å². The molecule has 5 heteroatoms. The number of carbonyl (C=O) groups is 1. The topological polar surface area (TPSA) is 56.2 Å². The van der Waals surface area contributed by atoms with Crippen molar-refractivity contribution in [3.8, 4) is 5.75 Å². The molecule has 0 fully saturated rings. The molecule has 2 rings (SSSR count). The summed E-state index contributed by atoms with van der Waals surface area (Å²) in [5.74, 6) is 0.765. The summed E-state index contributed by atoms with van der Waals surface area (Å²) in [6.07, 6.45) is 0.333. The fourth-order valence-electron chi connectivity index (χ4n) is 2.81. The summed E-state index contributed by atoms with van der Waals surface area (Å²) in [7, 11) is 0. The number of amides is 1. The van der Waals surface area contributed by atoms with Gasteiger partial charge in [0.25, 0.3) is 0 Å². The third kappa shape index (κ3) is 4.34. The van der Waals surface area contributed by atoms with Crippen LogP contribution in [-0.4, -0.2) is 22.3 Å². The summed E-state index contributed by atoms with van der Waals surface area (Å²) in [4.78, 5) is 12.1. The van der Waals surface area contributed by atoms with E-state index in [-0.39, 0.29) is 11.9 Å². The van der Waals surface area contributed by atoms with Crippen LogP contribution < -0.4 is 10.1 Å². The number of para-hydroxylation sites is 1. The number of benzene rings is 1. The van der Waals surface area contributed by atoms with Gasteiger partial charge in [-0.05, 0) is 39.8 Å². The summed E-state index contributed by atoms with van der Waals surface area (Å²) in [6.45, 7) is 9.28. The Balaban J connectivity index is 1.86. The zero-order valence-corrected chi connectivity index (χ0v) is 14.3. The number of ether oxygens (including phenoxy) is 1. The number of hydrogen-bond donors (Lipinski definition) is 1. The van der Waals surface area contributed by atoms with E-state index < -0.39 is 0 Å². The zero-order chi connectivity index (χ0) is 16.8. The second-order valence-electron chi connectivity index (χ2n) is 5.60. The summed E-state index contributed by atoms with van der Waals surface area (Å²) in [5, 5.41) is 7.53. The molecular formula is C18H25N3O2. The molecule has 0 bridgehead atoms. The molecule has 1 aromatic carbocycles. The molecule has 0 saturated heterocycles. The molecule has 1 heterocycles. The molecule has 1 atom stereocenters. The first kappa shape index (κ1) is 17.1. The van der Waals surface area contributed by atoms with Gasteiger partial charge in [0, 0.05) is 17.8 Å². The fourth-order valence-corrected chi connectivity index (χ4v) is 2.81. The first-order valence-electron chi connectivity index (χ1n) is 8.04. The largest absolute Gasteiger partial charge is 0.493 e. The molecule has 0 unspecified atom stereocenters. The van der Waals surface area contributed by atoms with Crippen LogP contribution in [0.4, 0.5) is 0 Å². The maximum Gasteiger partial charge on any atom is 0.223 e. The molecule has 0 aliphatic heterocycles. The van der Waals surface area contributed by atoms with Gasteiger partial charge in [0.15, 0.2) is 0 Å². The Hall–Kier alpha value is -2.30. The predicted molar refractivity (Wildman–Crippen MR) is 90.5 cm³/mol. The molecule has 0 aliphatic carbocycles. The normalized spacial score (nSPS) is 12.0. The molecule has 23 heavy (non-hydrogen) atoms. The highest BCUT2D eigenvalue weighted by molar-refractivity contribution is 5.76. The van der Waals surface area contributed by atoms with Gasteiger partial charge in [0.1, 0.15) is 5.75 Å². The summed E-state index contributed by atoms with van der Waals surface area (Å²) in [6, 6.07) is 9.46. The van der Waals surface area contributed by atoms with Crippen LogP contribution in [0.3, 0.4) is 0 Å². The van der Waals surface area contributed by atoms with Gasteiger partial charge in [-0.3, -0.25) is 9.48 Å². The Bertz CT molecular complexity index is 650. The van der Waals surface area contributed by atoms with Crippen LogP contribution in [0.1, 0.15) is 43.3 Å². The smallest absolute Gasteiger partial charge is 0.223 e. The van der Waals surface area contributed by atoms with Crippen LogP contribution in [0.25, 0.3) is 0 Å². The second-order valence-corrected chi connectivity index (χ2v) is 5.60. The Morgan fingerprint density at radius 2 is 2.00 bits per heavy atom. The van der Waals surface area contributed by atoms with Gasteiger partial charge >= 0.3 is 0 Å². The highest BCUT2D eigenvalue weighted by Crippen LogP contribution is 2.21. The highest BCUT2D eigenvalue weighted by atomic mass is 16.5. The quantitative estimate of drug-likeness (QED) is 0.854. The number of carbonyl (C=O) groups excluding carboxylic acids is 1. The van der Waals surface area contributed by atoms with Crippen molar-refractivity contribution in [1.29, 1.82) is 0 Å². The van der Waals surface area contributed by atoms with E-state index in [1.165, 1.54) is 0 Å². The monoisotopic (exact) mass is 315 g/mol. The van der Waals surface area contributed by atoms with Crippen molar-refractivity contribution in [2.24, 2.45) is 0 Å². The Kier molecular flexibility index (Phi) is 5.79. The Morgan fingerprint density at radius 3 is 2.61 bits per heavy atom. The second kappa shape index (κ2) is 7.81. The predicted octanol–water partition coefficient (Wildman–Crippen LogP) is 3.17. The van der Waals surface area contributed by atoms with E-state index in [0.717, 1.165) is 29.2 Å². The van der Waals surface area contributed by atoms with Gasteiger partial charge in [0.2, 0.25) is 5.91 Å².